The number of anilines is 1. The van der Waals surface area contributed by atoms with E-state index in [4.69, 9.17) is 10.00 Å². The Balaban J connectivity index is 2.13. The maximum atomic E-state index is 12.0. The van der Waals surface area contributed by atoms with Crippen molar-refractivity contribution in [1.82, 2.24) is 0 Å². The zero-order valence-electron chi connectivity index (χ0n) is 10.4. The molecule has 0 atom stereocenters. The summed E-state index contributed by atoms with van der Waals surface area (Å²) in [5.41, 5.74) is 1.15. The van der Waals surface area contributed by atoms with Crippen LogP contribution in [-0.2, 0) is 4.79 Å². The summed E-state index contributed by atoms with van der Waals surface area (Å²) in [4.78, 5) is 12.0. The van der Waals surface area contributed by atoms with Gasteiger partial charge in [0.2, 0.25) is 5.91 Å². The van der Waals surface area contributed by atoms with E-state index in [1.54, 1.807) is 18.2 Å². The van der Waals surface area contributed by atoms with Gasteiger partial charge in [0.05, 0.1) is 24.4 Å². The molecule has 0 aliphatic heterocycles. The fourth-order valence-electron chi connectivity index (χ4n) is 2.29. The van der Waals surface area contributed by atoms with E-state index in [1.807, 2.05) is 6.07 Å². The summed E-state index contributed by atoms with van der Waals surface area (Å²) in [6.07, 6.45) is 4.18. The fourth-order valence-corrected chi connectivity index (χ4v) is 2.29. The molecular weight excluding hydrogens is 228 g/mol. The minimum Gasteiger partial charge on any atom is -0.495 e. The van der Waals surface area contributed by atoms with Crippen LogP contribution in [0.25, 0.3) is 0 Å². The first-order valence-electron chi connectivity index (χ1n) is 6.13. The van der Waals surface area contributed by atoms with E-state index in [0.717, 1.165) is 25.7 Å². The molecule has 18 heavy (non-hydrogen) atoms. The highest BCUT2D eigenvalue weighted by molar-refractivity contribution is 5.94. The number of hydrogen-bond acceptors (Lipinski definition) is 3. The van der Waals surface area contributed by atoms with Crippen molar-refractivity contribution in [2.24, 2.45) is 5.92 Å². The van der Waals surface area contributed by atoms with E-state index in [-0.39, 0.29) is 11.8 Å². The number of hydrogen-bond donors (Lipinski definition) is 1. The Kier molecular flexibility index (Phi) is 3.83. The van der Waals surface area contributed by atoms with E-state index in [2.05, 4.69) is 5.32 Å². The average molecular weight is 244 g/mol. The highest BCUT2D eigenvalue weighted by atomic mass is 16.5. The number of nitriles is 1. The Bertz CT molecular complexity index is 485. The zero-order valence-corrected chi connectivity index (χ0v) is 10.4. The molecule has 4 nitrogen and oxygen atoms in total. The van der Waals surface area contributed by atoms with E-state index < -0.39 is 0 Å². The van der Waals surface area contributed by atoms with Crippen molar-refractivity contribution in [3.05, 3.63) is 23.8 Å². The maximum absolute atomic E-state index is 12.0. The molecule has 0 radical (unpaired) electrons. The highest BCUT2D eigenvalue weighted by Crippen LogP contribution is 2.29. The normalized spacial score (nSPS) is 15.1. The monoisotopic (exact) mass is 244 g/mol. The van der Waals surface area contributed by atoms with Gasteiger partial charge in [0.15, 0.2) is 0 Å². The van der Waals surface area contributed by atoms with Crippen molar-refractivity contribution in [2.45, 2.75) is 25.7 Å². The quantitative estimate of drug-likeness (QED) is 0.889. The van der Waals surface area contributed by atoms with E-state index in [1.165, 1.54) is 7.11 Å². The molecule has 94 valence electrons. The molecule has 0 unspecified atom stereocenters. The number of carbonyl (C=O) groups is 1. The van der Waals surface area contributed by atoms with Crippen LogP contribution in [0.4, 0.5) is 5.69 Å². The molecule has 4 heteroatoms. The predicted molar refractivity (Wildman–Crippen MR) is 68.3 cm³/mol. The molecule has 1 aromatic rings. The summed E-state index contributed by atoms with van der Waals surface area (Å²) in [5.74, 6) is 0.696. The number of carbonyl (C=O) groups excluding carboxylic acids is 1. The predicted octanol–water partition coefficient (Wildman–Crippen LogP) is 2.70. The van der Waals surface area contributed by atoms with E-state index in [0.29, 0.717) is 17.0 Å². The fraction of sp³-hybridized carbons (Fsp3) is 0.429. The topological polar surface area (TPSA) is 62.1 Å². The van der Waals surface area contributed by atoms with Gasteiger partial charge in [-0.05, 0) is 25.0 Å². The first kappa shape index (κ1) is 12.4. The Morgan fingerprint density at radius 1 is 1.44 bits per heavy atom. The van der Waals surface area contributed by atoms with Gasteiger partial charge in [0.25, 0.3) is 0 Å². The SMILES string of the molecule is COc1cc(C#N)ccc1NC(=O)C1CCCC1. The minimum absolute atomic E-state index is 0.0514. The molecule has 1 saturated carbocycles. The molecule has 1 N–H and O–H groups in total. The molecular formula is C14H16N2O2. The number of nitrogens with zero attached hydrogens (tertiary/aromatic N) is 1. The summed E-state index contributed by atoms with van der Waals surface area (Å²) in [5, 5.41) is 11.7. The Morgan fingerprint density at radius 3 is 2.78 bits per heavy atom. The van der Waals surface area contributed by atoms with Gasteiger partial charge in [0, 0.05) is 12.0 Å². The van der Waals surface area contributed by atoms with Gasteiger partial charge in [0.1, 0.15) is 5.75 Å². The van der Waals surface area contributed by atoms with Gasteiger partial charge < -0.3 is 10.1 Å². The second-order valence-corrected chi connectivity index (χ2v) is 4.50. The van der Waals surface area contributed by atoms with Gasteiger partial charge in [-0.3, -0.25) is 4.79 Å². The van der Waals surface area contributed by atoms with Crippen LogP contribution in [0.2, 0.25) is 0 Å². The van der Waals surface area contributed by atoms with Crippen LogP contribution in [0.15, 0.2) is 18.2 Å². The van der Waals surface area contributed by atoms with Crippen molar-refractivity contribution >= 4 is 11.6 Å². The van der Waals surface area contributed by atoms with Crippen LogP contribution >= 0.6 is 0 Å². The molecule has 0 bridgehead atoms. The smallest absolute Gasteiger partial charge is 0.227 e. The molecule has 0 saturated heterocycles. The van der Waals surface area contributed by atoms with Crippen molar-refractivity contribution in [1.29, 1.82) is 5.26 Å². The summed E-state index contributed by atoms with van der Waals surface area (Å²) in [6, 6.07) is 7.06. The third-order valence-corrected chi connectivity index (χ3v) is 3.31. The largest absolute Gasteiger partial charge is 0.495 e. The molecule has 1 amide bonds. The Morgan fingerprint density at radius 2 is 2.17 bits per heavy atom. The summed E-state index contributed by atoms with van der Waals surface area (Å²) < 4.78 is 5.19. The average Bonchev–Trinajstić information content (AvgIpc) is 2.93. The van der Waals surface area contributed by atoms with Gasteiger partial charge in [-0.2, -0.15) is 5.26 Å². The lowest BCUT2D eigenvalue weighted by Gasteiger charge is -2.13. The molecule has 1 aliphatic carbocycles. The molecule has 0 spiro atoms. The lowest BCUT2D eigenvalue weighted by Crippen LogP contribution is -2.20. The standard InChI is InChI=1S/C14H16N2O2/c1-18-13-8-10(9-15)6-7-12(13)16-14(17)11-4-2-3-5-11/h6-8,11H,2-5H2,1H3,(H,16,17). The van der Waals surface area contributed by atoms with Crippen LogP contribution in [0.5, 0.6) is 5.75 Å². The second kappa shape index (κ2) is 5.54. The number of benzene rings is 1. The zero-order chi connectivity index (χ0) is 13.0. The van der Waals surface area contributed by atoms with Crippen LogP contribution in [0.1, 0.15) is 31.2 Å². The lowest BCUT2D eigenvalue weighted by atomic mass is 10.1. The van der Waals surface area contributed by atoms with Crippen LogP contribution < -0.4 is 10.1 Å². The summed E-state index contributed by atoms with van der Waals surface area (Å²) >= 11 is 0. The maximum Gasteiger partial charge on any atom is 0.227 e. The Labute approximate surface area is 107 Å². The first-order valence-corrected chi connectivity index (χ1v) is 6.13. The third kappa shape index (κ3) is 2.62. The summed E-state index contributed by atoms with van der Waals surface area (Å²) in [6.45, 7) is 0. The van der Waals surface area contributed by atoms with E-state index >= 15 is 0 Å². The van der Waals surface area contributed by atoms with Gasteiger partial charge in [-0.25, -0.2) is 0 Å². The number of amides is 1. The summed E-state index contributed by atoms with van der Waals surface area (Å²) in [7, 11) is 1.53. The highest BCUT2D eigenvalue weighted by Gasteiger charge is 2.23. The molecule has 0 heterocycles. The van der Waals surface area contributed by atoms with Gasteiger partial charge in [-0.1, -0.05) is 12.8 Å². The molecule has 0 aromatic heterocycles. The van der Waals surface area contributed by atoms with E-state index in [9.17, 15) is 4.79 Å². The third-order valence-electron chi connectivity index (χ3n) is 3.31. The lowest BCUT2D eigenvalue weighted by molar-refractivity contribution is -0.119. The number of ether oxygens (including phenoxy) is 1. The molecule has 1 aromatic carbocycles. The molecule has 1 fully saturated rings. The van der Waals surface area contributed by atoms with Crippen molar-refractivity contribution in [2.75, 3.05) is 12.4 Å². The number of methoxy groups -OCH3 is 1. The van der Waals surface area contributed by atoms with Crippen LogP contribution in [0.3, 0.4) is 0 Å². The van der Waals surface area contributed by atoms with Crippen molar-refractivity contribution < 1.29 is 9.53 Å². The van der Waals surface area contributed by atoms with Crippen LogP contribution in [0, 0.1) is 17.2 Å². The van der Waals surface area contributed by atoms with Gasteiger partial charge in [-0.15, -0.1) is 0 Å². The Hall–Kier alpha value is -2.02. The minimum atomic E-state index is 0.0514. The first-order chi connectivity index (χ1) is 8.74. The second-order valence-electron chi connectivity index (χ2n) is 4.50. The van der Waals surface area contributed by atoms with Gasteiger partial charge >= 0.3 is 0 Å². The van der Waals surface area contributed by atoms with Crippen molar-refractivity contribution in [3.8, 4) is 11.8 Å². The number of rotatable bonds is 3. The molecule has 1 aliphatic rings. The number of nitrogens with one attached hydrogen (secondary N) is 1. The van der Waals surface area contributed by atoms with Crippen LogP contribution in [-0.4, -0.2) is 13.0 Å². The molecule has 2 rings (SSSR count). The van der Waals surface area contributed by atoms with Crippen molar-refractivity contribution in [3.63, 3.8) is 0 Å².